The van der Waals surface area contributed by atoms with Crippen LogP contribution in [0.2, 0.25) is 10.0 Å². The Kier molecular flexibility index (Phi) is 5.41. The second-order valence-corrected chi connectivity index (χ2v) is 5.36. The largest absolute Gasteiger partial charge is 0.310 e. The first kappa shape index (κ1) is 15.3. The van der Waals surface area contributed by atoms with E-state index in [0.717, 1.165) is 12.1 Å². The summed E-state index contributed by atoms with van der Waals surface area (Å²) < 4.78 is 14.0. The molecular weight excluding hydrogens is 296 g/mol. The molecule has 1 nitrogen and oxygen atoms in total. The maximum Gasteiger partial charge on any atom is 0.145 e. The van der Waals surface area contributed by atoms with Crippen molar-refractivity contribution in [3.05, 3.63) is 69.5 Å². The first-order chi connectivity index (χ1) is 9.63. The van der Waals surface area contributed by atoms with E-state index in [1.165, 1.54) is 0 Å². The molecule has 1 N–H and O–H groups in total. The quantitative estimate of drug-likeness (QED) is 0.817. The number of nitrogens with one attached hydrogen (secondary N) is 1. The Hall–Kier alpha value is -1.09. The highest BCUT2D eigenvalue weighted by molar-refractivity contribution is 6.31. The van der Waals surface area contributed by atoms with Gasteiger partial charge in [-0.3, -0.25) is 0 Å². The van der Waals surface area contributed by atoms with E-state index in [9.17, 15) is 4.39 Å². The summed E-state index contributed by atoms with van der Waals surface area (Å²) >= 11 is 12.1. The monoisotopic (exact) mass is 311 g/mol. The van der Waals surface area contributed by atoms with E-state index in [1.807, 2.05) is 31.2 Å². The van der Waals surface area contributed by atoms with Crippen LogP contribution in [-0.4, -0.2) is 6.54 Å². The lowest BCUT2D eigenvalue weighted by Gasteiger charge is -2.20. The molecule has 0 radical (unpaired) electrons. The third-order valence-corrected chi connectivity index (χ3v) is 3.82. The Morgan fingerprint density at radius 1 is 1.05 bits per heavy atom. The van der Waals surface area contributed by atoms with Crippen LogP contribution < -0.4 is 5.32 Å². The van der Waals surface area contributed by atoms with Crippen molar-refractivity contribution < 1.29 is 4.39 Å². The number of likely N-dealkylation sites (N-methyl/N-ethyl adjacent to an activating group) is 1. The Labute approximate surface area is 128 Å². The van der Waals surface area contributed by atoms with Crippen molar-refractivity contribution in [3.8, 4) is 0 Å². The average Bonchev–Trinajstić information content (AvgIpc) is 2.44. The Morgan fingerprint density at radius 3 is 2.45 bits per heavy atom. The van der Waals surface area contributed by atoms with Gasteiger partial charge < -0.3 is 5.32 Å². The molecule has 2 rings (SSSR count). The fourth-order valence-corrected chi connectivity index (χ4v) is 2.68. The summed E-state index contributed by atoms with van der Waals surface area (Å²) in [6.07, 6.45) is 0.504. The average molecular weight is 312 g/mol. The van der Waals surface area contributed by atoms with Crippen molar-refractivity contribution in [2.45, 2.75) is 19.4 Å². The van der Waals surface area contributed by atoms with Gasteiger partial charge in [0.2, 0.25) is 0 Å². The molecule has 106 valence electrons. The minimum absolute atomic E-state index is 0.0401. The Morgan fingerprint density at radius 2 is 1.75 bits per heavy atom. The van der Waals surface area contributed by atoms with Crippen molar-refractivity contribution in [1.29, 1.82) is 0 Å². The third-order valence-electron chi connectivity index (χ3n) is 3.19. The van der Waals surface area contributed by atoms with Crippen LogP contribution in [-0.2, 0) is 6.42 Å². The number of hydrogen-bond donors (Lipinski definition) is 1. The molecule has 0 aliphatic carbocycles. The molecule has 4 heteroatoms. The van der Waals surface area contributed by atoms with Gasteiger partial charge >= 0.3 is 0 Å². The minimum atomic E-state index is -0.357. The summed E-state index contributed by atoms with van der Waals surface area (Å²) in [5.41, 5.74) is 1.55. The van der Waals surface area contributed by atoms with E-state index in [0.29, 0.717) is 17.0 Å². The van der Waals surface area contributed by atoms with Crippen LogP contribution >= 0.6 is 23.2 Å². The second kappa shape index (κ2) is 7.07. The molecule has 0 spiro atoms. The van der Waals surface area contributed by atoms with Gasteiger partial charge in [0.15, 0.2) is 0 Å². The number of benzene rings is 2. The summed E-state index contributed by atoms with van der Waals surface area (Å²) in [5.74, 6) is -0.357. The van der Waals surface area contributed by atoms with Gasteiger partial charge in [0.05, 0.1) is 5.02 Å². The van der Waals surface area contributed by atoms with Gasteiger partial charge in [0.1, 0.15) is 5.82 Å². The van der Waals surface area contributed by atoms with E-state index in [-0.39, 0.29) is 16.9 Å². The molecule has 0 aliphatic rings. The normalized spacial score (nSPS) is 12.4. The highest BCUT2D eigenvalue weighted by Crippen LogP contribution is 2.28. The molecule has 0 saturated heterocycles. The molecule has 0 amide bonds. The van der Waals surface area contributed by atoms with Crippen molar-refractivity contribution in [3.63, 3.8) is 0 Å². The van der Waals surface area contributed by atoms with Crippen LogP contribution in [0, 0.1) is 5.82 Å². The van der Waals surface area contributed by atoms with E-state index < -0.39 is 0 Å². The van der Waals surface area contributed by atoms with Crippen LogP contribution in [0.1, 0.15) is 24.1 Å². The van der Waals surface area contributed by atoms with Crippen LogP contribution in [0.3, 0.4) is 0 Å². The van der Waals surface area contributed by atoms with Crippen molar-refractivity contribution >= 4 is 23.2 Å². The zero-order valence-electron chi connectivity index (χ0n) is 11.2. The van der Waals surface area contributed by atoms with Gasteiger partial charge in [-0.2, -0.15) is 0 Å². The number of rotatable bonds is 5. The molecule has 20 heavy (non-hydrogen) atoms. The Bertz CT molecular complexity index is 586. The van der Waals surface area contributed by atoms with E-state index in [4.69, 9.17) is 23.2 Å². The molecule has 0 bridgehead atoms. The molecule has 1 unspecified atom stereocenters. The van der Waals surface area contributed by atoms with Crippen molar-refractivity contribution in [2.24, 2.45) is 0 Å². The minimum Gasteiger partial charge on any atom is -0.310 e. The van der Waals surface area contributed by atoms with E-state index >= 15 is 0 Å². The van der Waals surface area contributed by atoms with Gasteiger partial charge in [-0.15, -0.1) is 0 Å². The first-order valence-electron chi connectivity index (χ1n) is 6.54. The van der Waals surface area contributed by atoms with Crippen molar-refractivity contribution in [2.75, 3.05) is 6.54 Å². The van der Waals surface area contributed by atoms with E-state index in [2.05, 4.69) is 5.32 Å². The van der Waals surface area contributed by atoms with Gasteiger partial charge in [-0.25, -0.2) is 4.39 Å². The highest BCUT2D eigenvalue weighted by atomic mass is 35.5. The van der Waals surface area contributed by atoms with Gasteiger partial charge in [0, 0.05) is 11.1 Å². The molecule has 2 aromatic rings. The molecule has 1 atom stereocenters. The third kappa shape index (κ3) is 3.51. The smallest absolute Gasteiger partial charge is 0.145 e. The van der Waals surface area contributed by atoms with Crippen molar-refractivity contribution in [1.82, 2.24) is 5.32 Å². The lowest BCUT2D eigenvalue weighted by molar-refractivity contribution is 0.528. The SMILES string of the molecule is CCNC(Cc1cccc(Cl)c1F)c1ccccc1Cl. The molecule has 0 aromatic heterocycles. The topological polar surface area (TPSA) is 12.0 Å². The van der Waals surface area contributed by atoms with Crippen LogP contribution in [0.5, 0.6) is 0 Å². The van der Waals surface area contributed by atoms with Gasteiger partial charge in [0.25, 0.3) is 0 Å². The lowest BCUT2D eigenvalue weighted by atomic mass is 9.98. The lowest BCUT2D eigenvalue weighted by Crippen LogP contribution is -2.23. The van der Waals surface area contributed by atoms with Crippen LogP contribution in [0.4, 0.5) is 4.39 Å². The maximum atomic E-state index is 14.0. The summed E-state index contributed by atoms with van der Waals surface area (Å²) in [4.78, 5) is 0. The maximum absolute atomic E-state index is 14.0. The molecule has 2 aromatic carbocycles. The molecular formula is C16H16Cl2FN. The van der Waals surface area contributed by atoms with Gasteiger partial charge in [-0.05, 0) is 36.2 Å². The van der Waals surface area contributed by atoms with E-state index in [1.54, 1.807) is 18.2 Å². The number of hydrogen-bond acceptors (Lipinski definition) is 1. The zero-order valence-corrected chi connectivity index (χ0v) is 12.7. The predicted molar refractivity (Wildman–Crippen MR) is 83.0 cm³/mol. The summed E-state index contributed by atoms with van der Waals surface area (Å²) in [6, 6.07) is 12.6. The predicted octanol–water partition coefficient (Wildman–Crippen LogP) is 5.03. The zero-order chi connectivity index (χ0) is 14.5. The summed E-state index contributed by atoms with van der Waals surface area (Å²) in [7, 11) is 0. The molecule has 0 aliphatic heterocycles. The summed E-state index contributed by atoms with van der Waals surface area (Å²) in [5, 5.41) is 4.17. The molecule has 0 saturated carbocycles. The fraction of sp³-hybridized carbons (Fsp3) is 0.250. The fourth-order valence-electron chi connectivity index (χ4n) is 2.22. The first-order valence-corrected chi connectivity index (χ1v) is 7.29. The Balaban J connectivity index is 2.31. The molecule has 0 heterocycles. The van der Waals surface area contributed by atoms with Crippen LogP contribution in [0.15, 0.2) is 42.5 Å². The molecule has 0 fully saturated rings. The highest BCUT2D eigenvalue weighted by Gasteiger charge is 2.17. The van der Waals surface area contributed by atoms with Gasteiger partial charge in [-0.1, -0.05) is 60.5 Å². The summed E-state index contributed by atoms with van der Waals surface area (Å²) in [6.45, 7) is 2.79. The second-order valence-electron chi connectivity index (χ2n) is 4.55. The van der Waals surface area contributed by atoms with Crippen LogP contribution in [0.25, 0.3) is 0 Å². The standard InChI is InChI=1S/C16H16Cl2FN/c1-2-20-15(12-7-3-4-8-13(12)17)10-11-6-5-9-14(18)16(11)19/h3-9,15,20H,2,10H2,1H3. The number of halogens is 3.